The van der Waals surface area contributed by atoms with Crippen LogP contribution in [0.4, 0.5) is 4.39 Å². The number of esters is 1. The van der Waals surface area contributed by atoms with Gasteiger partial charge in [0, 0.05) is 21.7 Å². The standard InChI is InChI=1S/C27H21FO4S/c1-3-18-6-4-5-7-21(18)25(30)27-26(22-14-11-19(28)16-23(22)33-27)32-20-12-8-17(9-13-20)10-15-24(29)31-2/h4-16H,3H2,1-2H3/b15-10+. The average molecular weight is 461 g/mol. The van der Waals surface area contributed by atoms with Crippen LogP contribution < -0.4 is 4.74 Å². The van der Waals surface area contributed by atoms with E-state index < -0.39 is 5.97 Å². The number of ether oxygens (including phenoxy) is 2. The van der Waals surface area contributed by atoms with E-state index in [-0.39, 0.29) is 11.6 Å². The molecule has 1 aromatic heterocycles. The highest BCUT2D eigenvalue weighted by Gasteiger charge is 2.23. The van der Waals surface area contributed by atoms with Gasteiger partial charge in [-0.1, -0.05) is 43.3 Å². The fraction of sp³-hybridized carbons (Fsp3) is 0.111. The van der Waals surface area contributed by atoms with Crippen LogP contribution in [0, 0.1) is 5.82 Å². The van der Waals surface area contributed by atoms with Gasteiger partial charge in [0.05, 0.1) is 7.11 Å². The monoisotopic (exact) mass is 460 g/mol. The van der Waals surface area contributed by atoms with Crippen LogP contribution >= 0.6 is 11.3 Å². The lowest BCUT2D eigenvalue weighted by atomic mass is 10.0. The maximum atomic E-state index is 13.9. The van der Waals surface area contributed by atoms with Crippen molar-refractivity contribution < 1.29 is 23.5 Å². The zero-order valence-electron chi connectivity index (χ0n) is 18.1. The van der Waals surface area contributed by atoms with Crippen molar-refractivity contribution in [3.05, 3.63) is 100 Å². The molecule has 0 bridgehead atoms. The van der Waals surface area contributed by atoms with Gasteiger partial charge in [0.25, 0.3) is 0 Å². The molecule has 0 saturated heterocycles. The molecule has 0 aliphatic heterocycles. The number of rotatable bonds is 7. The van der Waals surface area contributed by atoms with Gasteiger partial charge in [0.15, 0.2) is 5.75 Å². The lowest BCUT2D eigenvalue weighted by Gasteiger charge is -2.10. The van der Waals surface area contributed by atoms with Crippen molar-refractivity contribution in [1.29, 1.82) is 0 Å². The predicted molar refractivity (Wildman–Crippen MR) is 129 cm³/mol. The van der Waals surface area contributed by atoms with E-state index in [1.54, 1.807) is 42.5 Å². The molecular formula is C27H21FO4S. The third kappa shape index (κ3) is 4.86. The van der Waals surface area contributed by atoms with Crippen molar-refractivity contribution >= 4 is 39.3 Å². The number of ketones is 1. The number of aryl methyl sites for hydroxylation is 1. The first kappa shape index (κ1) is 22.4. The summed E-state index contributed by atoms with van der Waals surface area (Å²) in [6.07, 6.45) is 3.69. The van der Waals surface area contributed by atoms with Crippen LogP contribution in [0.2, 0.25) is 0 Å². The number of hydrogen-bond acceptors (Lipinski definition) is 5. The molecule has 0 atom stereocenters. The Hall–Kier alpha value is -3.77. The summed E-state index contributed by atoms with van der Waals surface area (Å²) in [5.74, 6) is -0.0367. The summed E-state index contributed by atoms with van der Waals surface area (Å²) in [4.78, 5) is 25.2. The molecule has 166 valence electrons. The molecule has 0 aliphatic carbocycles. The Morgan fingerprint density at radius 2 is 1.79 bits per heavy atom. The molecule has 1 heterocycles. The summed E-state index contributed by atoms with van der Waals surface area (Å²) in [6.45, 7) is 2.00. The molecular weight excluding hydrogens is 439 g/mol. The van der Waals surface area contributed by atoms with E-state index in [9.17, 15) is 14.0 Å². The lowest BCUT2D eigenvalue weighted by Crippen LogP contribution is -2.04. The molecule has 0 radical (unpaired) electrons. The fourth-order valence-corrected chi connectivity index (χ4v) is 4.58. The highest BCUT2D eigenvalue weighted by molar-refractivity contribution is 7.21. The first-order chi connectivity index (χ1) is 16.0. The van der Waals surface area contributed by atoms with Gasteiger partial charge in [-0.2, -0.15) is 0 Å². The summed E-state index contributed by atoms with van der Waals surface area (Å²) in [7, 11) is 1.32. The summed E-state index contributed by atoms with van der Waals surface area (Å²) >= 11 is 1.22. The van der Waals surface area contributed by atoms with Crippen LogP contribution in [0.15, 0.2) is 72.8 Å². The van der Waals surface area contributed by atoms with E-state index in [0.29, 0.717) is 32.0 Å². The highest BCUT2D eigenvalue weighted by atomic mass is 32.1. The zero-order valence-corrected chi connectivity index (χ0v) is 18.9. The van der Waals surface area contributed by atoms with E-state index >= 15 is 0 Å². The minimum Gasteiger partial charge on any atom is -0.466 e. The summed E-state index contributed by atoms with van der Waals surface area (Å²) in [5, 5.41) is 0.674. The molecule has 0 saturated carbocycles. The van der Waals surface area contributed by atoms with Gasteiger partial charge < -0.3 is 9.47 Å². The van der Waals surface area contributed by atoms with Crippen molar-refractivity contribution in [3.8, 4) is 11.5 Å². The van der Waals surface area contributed by atoms with E-state index in [1.165, 1.54) is 36.7 Å². The first-order valence-corrected chi connectivity index (χ1v) is 11.2. The number of thiophene rings is 1. The SMILES string of the molecule is CCc1ccccc1C(=O)c1sc2cc(F)ccc2c1Oc1ccc(/C=C/C(=O)OC)cc1. The second-order valence-electron chi connectivity index (χ2n) is 7.27. The predicted octanol–water partition coefficient (Wildman–Crippen LogP) is 6.81. The largest absolute Gasteiger partial charge is 0.466 e. The molecule has 3 aromatic carbocycles. The van der Waals surface area contributed by atoms with Crippen LogP contribution in [0.1, 0.15) is 33.3 Å². The Labute approximate surface area is 194 Å². The van der Waals surface area contributed by atoms with Crippen molar-refractivity contribution in [2.24, 2.45) is 0 Å². The summed E-state index contributed by atoms with van der Waals surface area (Å²) in [6, 6.07) is 19.0. The van der Waals surface area contributed by atoms with Crippen LogP contribution in [0.25, 0.3) is 16.2 Å². The minimum absolute atomic E-state index is 0.151. The molecule has 33 heavy (non-hydrogen) atoms. The Balaban J connectivity index is 1.73. The van der Waals surface area contributed by atoms with Crippen LogP contribution in [0.3, 0.4) is 0 Å². The van der Waals surface area contributed by atoms with E-state index in [0.717, 1.165) is 17.5 Å². The van der Waals surface area contributed by atoms with Gasteiger partial charge in [-0.05, 0) is 54.0 Å². The molecule has 0 unspecified atom stereocenters. The Morgan fingerprint density at radius 3 is 2.52 bits per heavy atom. The molecule has 0 N–H and O–H groups in total. The van der Waals surface area contributed by atoms with Crippen molar-refractivity contribution in [1.82, 2.24) is 0 Å². The summed E-state index contributed by atoms with van der Waals surface area (Å²) < 4.78 is 25.3. The molecule has 0 fully saturated rings. The van der Waals surface area contributed by atoms with Crippen LogP contribution in [-0.2, 0) is 16.0 Å². The molecule has 6 heteroatoms. The number of carbonyl (C=O) groups is 2. The second kappa shape index (κ2) is 9.79. The van der Waals surface area contributed by atoms with Crippen LogP contribution in [0.5, 0.6) is 11.5 Å². The lowest BCUT2D eigenvalue weighted by molar-refractivity contribution is -0.134. The van der Waals surface area contributed by atoms with Gasteiger partial charge in [0.1, 0.15) is 16.4 Å². The minimum atomic E-state index is -0.442. The number of halogens is 1. The van der Waals surface area contributed by atoms with Crippen LogP contribution in [-0.4, -0.2) is 18.9 Å². The molecule has 0 spiro atoms. The molecule has 0 amide bonds. The maximum Gasteiger partial charge on any atom is 0.330 e. The first-order valence-electron chi connectivity index (χ1n) is 10.4. The molecule has 0 aliphatic rings. The zero-order chi connectivity index (χ0) is 23.4. The quantitative estimate of drug-likeness (QED) is 0.173. The number of fused-ring (bicyclic) bond motifs is 1. The number of benzene rings is 3. The molecule has 4 aromatic rings. The Morgan fingerprint density at radius 1 is 1.03 bits per heavy atom. The van der Waals surface area contributed by atoms with E-state index in [2.05, 4.69) is 4.74 Å². The van der Waals surface area contributed by atoms with Gasteiger partial charge in [-0.3, -0.25) is 4.79 Å². The van der Waals surface area contributed by atoms with Crippen molar-refractivity contribution in [3.63, 3.8) is 0 Å². The number of methoxy groups -OCH3 is 1. The van der Waals surface area contributed by atoms with Gasteiger partial charge in [0.2, 0.25) is 5.78 Å². The smallest absolute Gasteiger partial charge is 0.330 e. The number of carbonyl (C=O) groups excluding carboxylic acids is 2. The topological polar surface area (TPSA) is 52.6 Å². The normalized spacial score (nSPS) is 11.1. The Kier molecular flexibility index (Phi) is 6.66. The van der Waals surface area contributed by atoms with Gasteiger partial charge >= 0.3 is 5.97 Å². The third-order valence-corrected chi connectivity index (χ3v) is 6.30. The van der Waals surface area contributed by atoms with Gasteiger partial charge in [-0.25, -0.2) is 9.18 Å². The fourth-order valence-electron chi connectivity index (χ4n) is 3.47. The Bertz CT molecular complexity index is 1350. The second-order valence-corrected chi connectivity index (χ2v) is 8.32. The van der Waals surface area contributed by atoms with E-state index in [1.807, 2.05) is 25.1 Å². The highest BCUT2D eigenvalue weighted by Crippen LogP contribution is 2.42. The average Bonchev–Trinajstić information content (AvgIpc) is 3.19. The van der Waals surface area contributed by atoms with Crippen molar-refractivity contribution in [2.45, 2.75) is 13.3 Å². The molecule has 4 nitrogen and oxygen atoms in total. The van der Waals surface area contributed by atoms with Crippen molar-refractivity contribution in [2.75, 3.05) is 7.11 Å². The summed E-state index contributed by atoms with van der Waals surface area (Å²) in [5.41, 5.74) is 2.34. The maximum absolute atomic E-state index is 13.9. The number of hydrogen-bond donors (Lipinski definition) is 0. The van der Waals surface area contributed by atoms with Gasteiger partial charge in [-0.15, -0.1) is 11.3 Å². The van der Waals surface area contributed by atoms with E-state index in [4.69, 9.17) is 4.74 Å². The molecule has 4 rings (SSSR count). The third-order valence-electron chi connectivity index (χ3n) is 5.17.